The molecular weight excluding hydrogens is 300 g/mol. The lowest BCUT2D eigenvalue weighted by molar-refractivity contribution is 0.549. The largest absolute Gasteiger partial charge is 0.357 e. The molecule has 2 aromatic rings. The van der Waals surface area contributed by atoms with E-state index in [4.69, 9.17) is 0 Å². The van der Waals surface area contributed by atoms with Crippen molar-refractivity contribution in [2.45, 2.75) is 40.2 Å². The van der Waals surface area contributed by atoms with Gasteiger partial charge in [-0.1, -0.05) is 32.0 Å². The molecule has 24 heavy (non-hydrogen) atoms. The molecule has 0 aliphatic carbocycles. The third-order valence-corrected chi connectivity index (χ3v) is 3.63. The van der Waals surface area contributed by atoms with E-state index in [1.165, 1.54) is 6.42 Å². The molecule has 1 heterocycles. The van der Waals surface area contributed by atoms with Crippen LogP contribution in [0.15, 0.2) is 41.7 Å². The van der Waals surface area contributed by atoms with E-state index >= 15 is 0 Å². The maximum absolute atomic E-state index is 4.63. The number of benzene rings is 1. The molecule has 0 fully saturated rings. The molecule has 6 nitrogen and oxygen atoms in total. The second kappa shape index (κ2) is 9.70. The molecule has 0 aliphatic rings. The van der Waals surface area contributed by atoms with Crippen LogP contribution in [0.5, 0.6) is 0 Å². The molecule has 0 saturated heterocycles. The first-order chi connectivity index (χ1) is 11.7. The highest BCUT2D eigenvalue weighted by molar-refractivity contribution is 5.79. The monoisotopic (exact) mass is 328 g/mol. The summed E-state index contributed by atoms with van der Waals surface area (Å²) in [5, 5.41) is 14.9. The molecule has 130 valence electrons. The molecule has 0 spiro atoms. The standard InChI is InChI=1S/C18H28N6/c1-4-19-18(20-12-8-9-15(2)3)21-13-17-23-22-14-24(17)16-10-6-5-7-11-16/h5-7,10-11,14-15H,4,8-9,12-13H2,1-3H3,(H2,19,20,21). The Morgan fingerprint density at radius 2 is 2.00 bits per heavy atom. The van der Waals surface area contributed by atoms with E-state index in [9.17, 15) is 0 Å². The average molecular weight is 328 g/mol. The van der Waals surface area contributed by atoms with Crippen LogP contribution < -0.4 is 10.6 Å². The van der Waals surface area contributed by atoms with E-state index in [2.05, 4.69) is 46.6 Å². The second-order valence-corrected chi connectivity index (χ2v) is 6.11. The lowest BCUT2D eigenvalue weighted by Gasteiger charge is -2.12. The van der Waals surface area contributed by atoms with Gasteiger partial charge in [-0.15, -0.1) is 10.2 Å². The summed E-state index contributed by atoms with van der Waals surface area (Å²) in [6.45, 7) is 8.80. The van der Waals surface area contributed by atoms with Crippen LogP contribution >= 0.6 is 0 Å². The van der Waals surface area contributed by atoms with Gasteiger partial charge in [-0.05, 0) is 37.8 Å². The summed E-state index contributed by atoms with van der Waals surface area (Å²) in [5.41, 5.74) is 1.04. The number of hydrogen-bond donors (Lipinski definition) is 2. The summed E-state index contributed by atoms with van der Waals surface area (Å²) in [6, 6.07) is 10.1. The molecule has 0 amide bonds. The third-order valence-electron chi connectivity index (χ3n) is 3.63. The Balaban J connectivity index is 1.98. The fourth-order valence-corrected chi connectivity index (χ4v) is 2.38. The average Bonchev–Trinajstić information content (AvgIpc) is 3.05. The van der Waals surface area contributed by atoms with Crippen molar-refractivity contribution in [1.82, 2.24) is 25.4 Å². The van der Waals surface area contributed by atoms with Crippen LogP contribution in [0.1, 0.15) is 39.4 Å². The van der Waals surface area contributed by atoms with Gasteiger partial charge in [-0.2, -0.15) is 0 Å². The molecule has 0 saturated carbocycles. The van der Waals surface area contributed by atoms with Crippen molar-refractivity contribution in [3.05, 3.63) is 42.5 Å². The predicted octanol–water partition coefficient (Wildman–Crippen LogP) is 2.76. The fourth-order valence-electron chi connectivity index (χ4n) is 2.38. The number of nitrogens with one attached hydrogen (secondary N) is 2. The summed E-state index contributed by atoms with van der Waals surface area (Å²) in [4.78, 5) is 4.63. The molecule has 2 rings (SSSR count). The number of guanidine groups is 1. The smallest absolute Gasteiger partial charge is 0.191 e. The Bertz CT molecular complexity index is 617. The summed E-state index contributed by atoms with van der Waals surface area (Å²) >= 11 is 0. The Kier molecular flexibility index (Phi) is 7.26. The van der Waals surface area contributed by atoms with Crippen LogP contribution in [0, 0.1) is 5.92 Å². The first-order valence-electron chi connectivity index (χ1n) is 8.67. The molecule has 6 heteroatoms. The Morgan fingerprint density at radius 1 is 1.21 bits per heavy atom. The maximum atomic E-state index is 4.63. The minimum atomic E-state index is 0.481. The SMILES string of the molecule is CCNC(=NCc1nncn1-c1ccccc1)NCCCC(C)C. The van der Waals surface area contributed by atoms with E-state index < -0.39 is 0 Å². The number of aliphatic imine (C=N–C) groups is 1. The van der Waals surface area contributed by atoms with Crippen LogP contribution in [-0.4, -0.2) is 33.8 Å². The number of hydrogen-bond acceptors (Lipinski definition) is 3. The zero-order valence-corrected chi connectivity index (χ0v) is 14.9. The normalized spacial score (nSPS) is 11.8. The van der Waals surface area contributed by atoms with Crippen molar-refractivity contribution in [3.63, 3.8) is 0 Å². The van der Waals surface area contributed by atoms with Gasteiger partial charge in [0.2, 0.25) is 0 Å². The number of para-hydroxylation sites is 1. The quantitative estimate of drug-likeness (QED) is 0.444. The molecule has 0 aliphatic heterocycles. The number of aromatic nitrogens is 3. The van der Waals surface area contributed by atoms with Crippen molar-refractivity contribution in [3.8, 4) is 5.69 Å². The van der Waals surface area contributed by atoms with E-state index in [1.807, 2.05) is 34.9 Å². The minimum absolute atomic E-state index is 0.481. The lowest BCUT2D eigenvalue weighted by atomic mass is 10.1. The lowest BCUT2D eigenvalue weighted by Crippen LogP contribution is -2.37. The summed E-state index contributed by atoms with van der Waals surface area (Å²) in [7, 11) is 0. The zero-order chi connectivity index (χ0) is 17.2. The highest BCUT2D eigenvalue weighted by Gasteiger charge is 2.06. The zero-order valence-electron chi connectivity index (χ0n) is 14.9. The topological polar surface area (TPSA) is 67.1 Å². The summed E-state index contributed by atoms with van der Waals surface area (Å²) in [6.07, 6.45) is 4.08. The van der Waals surface area contributed by atoms with E-state index in [0.29, 0.717) is 6.54 Å². The molecule has 0 bridgehead atoms. The summed E-state index contributed by atoms with van der Waals surface area (Å²) in [5.74, 6) is 2.38. The van der Waals surface area contributed by atoms with Gasteiger partial charge in [0.25, 0.3) is 0 Å². The van der Waals surface area contributed by atoms with Crippen LogP contribution in [0.3, 0.4) is 0 Å². The fraction of sp³-hybridized carbons (Fsp3) is 0.500. The van der Waals surface area contributed by atoms with Crippen molar-refractivity contribution in [1.29, 1.82) is 0 Å². The Hall–Kier alpha value is -2.37. The molecular formula is C18H28N6. The van der Waals surface area contributed by atoms with Crippen LogP contribution in [0.25, 0.3) is 5.69 Å². The van der Waals surface area contributed by atoms with E-state index in [1.54, 1.807) is 6.33 Å². The van der Waals surface area contributed by atoms with Crippen LogP contribution in [0.4, 0.5) is 0 Å². The van der Waals surface area contributed by atoms with Gasteiger partial charge < -0.3 is 10.6 Å². The van der Waals surface area contributed by atoms with Gasteiger partial charge in [0, 0.05) is 18.8 Å². The van der Waals surface area contributed by atoms with E-state index in [0.717, 1.165) is 42.9 Å². The minimum Gasteiger partial charge on any atom is -0.357 e. The highest BCUT2D eigenvalue weighted by atomic mass is 15.3. The third kappa shape index (κ3) is 5.68. The predicted molar refractivity (Wildman–Crippen MR) is 98.2 cm³/mol. The van der Waals surface area contributed by atoms with E-state index in [-0.39, 0.29) is 0 Å². The van der Waals surface area contributed by atoms with Gasteiger partial charge in [-0.3, -0.25) is 4.57 Å². The van der Waals surface area contributed by atoms with Gasteiger partial charge in [0.05, 0.1) is 0 Å². The van der Waals surface area contributed by atoms with Crippen molar-refractivity contribution >= 4 is 5.96 Å². The first-order valence-corrected chi connectivity index (χ1v) is 8.67. The van der Waals surface area contributed by atoms with Crippen molar-refractivity contribution in [2.75, 3.05) is 13.1 Å². The molecule has 2 N–H and O–H groups in total. The maximum Gasteiger partial charge on any atom is 0.191 e. The molecule has 0 atom stereocenters. The molecule has 0 radical (unpaired) electrons. The molecule has 1 aromatic heterocycles. The number of nitrogens with zero attached hydrogens (tertiary/aromatic N) is 4. The van der Waals surface area contributed by atoms with Crippen molar-refractivity contribution < 1.29 is 0 Å². The van der Waals surface area contributed by atoms with Crippen LogP contribution in [0.2, 0.25) is 0 Å². The highest BCUT2D eigenvalue weighted by Crippen LogP contribution is 2.09. The van der Waals surface area contributed by atoms with Gasteiger partial charge >= 0.3 is 0 Å². The van der Waals surface area contributed by atoms with Gasteiger partial charge in [0.1, 0.15) is 12.9 Å². The molecule has 1 aromatic carbocycles. The van der Waals surface area contributed by atoms with Crippen LogP contribution in [-0.2, 0) is 6.54 Å². The Morgan fingerprint density at radius 3 is 2.71 bits per heavy atom. The van der Waals surface area contributed by atoms with Gasteiger partial charge in [0.15, 0.2) is 11.8 Å². The first kappa shape index (κ1) is 18.0. The second-order valence-electron chi connectivity index (χ2n) is 6.11. The Labute approximate surface area is 144 Å². The van der Waals surface area contributed by atoms with Crippen molar-refractivity contribution in [2.24, 2.45) is 10.9 Å². The number of rotatable bonds is 8. The summed E-state index contributed by atoms with van der Waals surface area (Å²) < 4.78 is 1.96. The van der Waals surface area contributed by atoms with Gasteiger partial charge in [-0.25, -0.2) is 4.99 Å². The molecule has 0 unspecified atom stereocenters.